The highest BCUT2D eigenvalue weighted by Crippen LogP contribution is 2.15. The molecular weight excluding hydrogens is 322 g/mol. The zero-order valence-corrected chi connectivity index (χ0v) is 15.7. The van der Waals surface area contributed by atoms with Crippen LogP contribution in [0.4, 0.5) is 4.79 Å². The number of likely N-dealkylation sites (tertiary alicyclic amines) is 1. The second-order valence-corrected chi connectivity index (χ2v) is 6.95. The van der Waals surface area contributed by atoms with E-state index >= 15 is 0 Å². The van der Waals surface area contributed by atoms with Crippen molar-refractivity contribution in [2.75, 3.05) is 19.6 Å². The maximum Gasteiger partial charge on any atom is 0.410 e. The van der Waals surface area contributed by atoms with Gasteiger partial charge in [0.1, 0.15) is 18.5 Å². The van der Waals surface area contributed by atoms with E-state index in [1.165, 1.54) is 0 Å². The summed E-state index contributed by atoms with van der Waals surface area (Å²) < 4.78 is 7.32. The Hall–Kier alpha value is -2.32. The molecule has 2 N–H and O–H groups in total. The van der Waals surface area contributed by atoms with Crippen LogP contribution in [0.5, 0.6) is 0 Å². The van der Waals surface area contributed by atoms with Crippen LogP contribution in [0.3, 0.4) is 0 Å². The first kappa shape index (κ1) is 19.0. The number of aliphatic imine (C=N–C) groups is 1. The molecule has 0 aromatic carbocycles. The lowest BCUT2D eigenvalue weighted by atomic mass is 10.1. The van der Waals surface area contributed by atoms with E-state index < -0.39 is 5.60 Å². The molecule has 0 aliphatic carbocycles. The van der Waals surface area contributed by atoms with Gasteiger partial charge in [0.2, 0.25) is 0 Å². The topological polar surface area (TPSA) is 96.7 Å². The molecule has 1 aromatic rings. The molecular formula is C16H29N7O2. The summed E-state index contributed by atoms with van der Waals surface area (Å²) in [6.07, 6.45) is 1.43. The van der Waals surface area contributed by atoms with Gasteiger partial charge in [-0.2, -0.15) is 0 Å². The first-order chi connectivity index (χ1) is 11.8. The zero-order valence-electron chi connectivity index (χ0n) is 15.7. The van der Waals surface area contributed by atoms with Crippen molar-refractivity contribution in [2.45, 2.75) is 59.4 Å². The minimum atomic E-state index is -0.471. The predicted molar refractivity (Wildman–Crippen MR) is 95.2 cm³/mol. The molecule has 1 aliphatic heterocycles. The molecule has 0 bridgehead atoms. The Labute approximate surface area is 148 Å². The Kier molecular flexibility index (Phi) is 6.22. The Balaban J connectivity index is 1.84. The fourth-order valence-corrected chi connectivity index (χ4v) is 2.37. The lowest BCUT2D eigenvalue weighted by Gasteiger charge is -2.40. The van der Waals surface area contributed by atoms with Crippen molar-refractivity contribution in [1.29, 1.82) is 0 Å². The van der Waals surface area contributed by atoms with Crippen molar-refractivity contribution < 1.29 is 9.53 Å². The number of amides is 1. The Morgan fingerprint density at radius 3 is 2.72 bits per heavy atom. The fourth-order valence-electron chi connectivity index (χ4n) is 2.37. The maximum atomic E-state index is 12.0. The van der Waals surface area contributed by atoms with Crippen LogP contribution >= 0.6 is 0 Å². The van der Waals surface area contributed by atoms with E-state index in [0.717, 1.165) is 18.9 Å². The average molecular weight is 351 g/mol. The molecule has 9 nitrogen and oxygen atoms in total. The molecule has 140 valence electrons. The SMILES string of the molecule is CCNC(=NCc1nncn1CC)NC1CN(C(=O)OC(C)(C)C)C1. The van der Waals surface area contributed by atoms with Crippen molar-refractivity contribution in [1.82, 2.24) is 30.3 Å². The van der Waals surface area contributed by atoms with Gasteiger partial charge >= 0.3 is 6.09 Å². The number of carbonyl (C=O) groups is 1. The number of nitrogens with zero attached hydrogens (tertiary/aromatic N) is 5. The highest BCUT2D eigenvalue weighted by atomic mass is 16.6. The Bertz CT molecular complexity index is 600. The van der Waals surface area contributed by atoms with Crippen molar-refractivity contribution in [3.8, 4) is 0 Å². The lowest BCUT2D eigenvalue weighted by molar-refractivity contribution is 0.00701. The molecule has 25 heavy (non-hydrogen) atoms. The third-order valence-corrected chi connectivity index (χ3v) is 3.63. The van der Waals surface area contributed by atoms with Gasteiger partial charge in [0, 0.05) is 26.2 Å². The number of carbonyl (C=O) groups excluding carboxylic acids is 1. The van der Waals surface area contributed by atoms with Gasteiger partial charge in [0.15, 0.2) is 11.8 Å². The second kappa shape index (κ2) is 8.17. The van der Waals surface area contributed by atoms with Crippen molar-refractivity contribution in [3.05, 3.63) is 12.2 Å². The molecule has 2 heterocycles. The van der Waals surface area contributed by atoms with Gasteiger partial charge < -0.3 is 24.8 Å². The summed E-state index contributed by atoms with van der Waals surface area (Å²) >= 11 is 0. The van der Waals surface area contributed by atoms with E-state index in [-0.39, 0.29) is 12.1 Å². The molecule has 1 aromatic heterocycles. The number of nitrogens with one attached hydrogen (secondary N) is 2. The van der Waals surface area contributed by atoms with Crippen LogP contribution < -0.4 is 10.6 Å². The standard InChI is InChI=1S/C16H29N7O2/c1-6-17-14(18-8-13-21-19-11-22(13)7-2)20-12-9-23(10-12)15(24)25-16(3,4)5/h11-12H,6-10H2,1-5H3,(H2,17,18,20). The first-order valence-corrected chi connectivity index (χ1v) is 8.71. The monoisotopic (exact) mass is 351 g/mol. The summed E-state index contributed by atoms with van der Waals surface area (Å²) in [6, 6.07) is 0.161. The molecule has 9 heteroatoms. The number of aromatic nitrogens is 3. The molecule has 1 aliphatic rings. The maximum absolute atomic E-state index is 12.0. The predicted octanol–water partition coefficient (Wildman–Crippen LogP) is 0.972. The van der Waals surface area contributed by atoms with Gasteiger partial charge in [0.25, 0.3) is 0 Å². The summed E-state index contributed by atoms with van der Waals surface area (Å²) in [5, 5.41) is 14.5. The molecule has 0 unspecified atom stereocenters. The third-order valence-electron chi connectivity index (χ3n) is 3.63. The van der Waals surface area contributed by atoms with E-state index in [0.29, 0.717) is 25.6 Å². The van der Waals surface area contributed by atoms with Crippen LogP contribution in [-0.2, 0) is 17.8 Å². The van der Waals surface area contributed by atoms with Gasteiger partial charge in [-0.1, -0.05) is 0 Å². The number of hydrogen-bond acceptors (Lipinski definition) is 5. The van der Waals surface area contributed by atoms with Crippen LogP contribution in [0, 0.1) is 0 Å². The van der Waals surface area contributed by atoms with Crippen molar-refractivity contribution in [3.63, 3.8) is 0 Å². The summed E-state index contributed by atoms with van der Waals surface area (Å²) in [6.45, 7) is 12.9. The number of hydrogen-bond donors (Lipinski definition) is 2. The highest BCUT2D eigenvalue weighted by Gasteiger charge is 2.34. The molecule has 1 saturated heterocycles. The molecule has 0 saturated carbocycles. The van der Waals surface area contributed by atoms with Crippen LogP contribution in [0.15, 0.2) is 11.3 Å². The smallest absolute Gasteiger partial charge is 0.410 e. The van der Waals surface area contributed by atoms with E-state index in [9.17, 15) is 4.79 Å². The van der Waals surface area contributed by atoms with Crippen molar-refractivity contribution >= 4 is 12.1 Å². The van der Waals surface area contributed by atoms with Crippen LogP contribution in [0.25, 0.3) is 0 Å². The van der Waals surface area contributed by atoms with E-state index in [2.05, 4.69) is 25.8 Å². The van der Waals surface area contributed by atoms with Gasteiger partial charge in [-0.3, -0.25) is 0 Å². The number of aryl methyl sites for hydroxylation is 1. The Morgan fingerprint density at radius 1 is 1.40 bits per heavy atom. The summed E-state index contributed by atoms with van der Waals surface area (Å²) in [4.78, 5) is 18.2. The molecule has 1 fully saturated rings. The molecule has 0 atom stereocenters. The molecule has 2 rings (SSSR count). The molecule has 0 spiro atoms. The second-order valence-electron chi connectivity index (χ2n) is 6.95. The van der Waals surface area contributed by atoms with Crippen molar-refractivity contribution in [2.24, 2.45) is 4.99 Å². The Morgan fingerprint density at radius 2 is 2.12 bits per heavy atom. The quantitative estimate of drug-likeness (QED) is 0.606. The summed E-state index contributed by atoms with van der Waals surface area (Å²) in [5.74, 6) is 1.53. The van der Waals surface area contributed by atoms with Crippen LogP contribution in [0.1, 0.15) is 40.4 Å². The summed E-state index contributed by atoms with van der Waals surface area (Å²) in [7, 11) is 0. The number of guanidine groups is 1. The zero-order chi connectivity index (χ0) is 18.4. The minimum absolute atomic E-state index is 0.161. The van der Waals surface area contributed by atoms with E-state index in [4.69, 9.17) is 4.74 Å². The van der Waals surface area contributed by atoms with Crippen LogP contribution in [0.2, 0.25) is 0 Å². The van der Waals surface area contributed by atoms with Gasteiger partial charge in [-0.15, -0.1) is 10.2 Å². The lowest BCUT2D eigenvalue weighted by Crippen LogP contribution is -2.63. The van der Waals surface area contributed by atoms with Gasteiger partial charge in [-0.05, 0) is 34.6 Å². The average Bonchev–Trinajstić information content (AvgIpc) is 2.93. The van der Waals surface area contributed by atoms with Crippen LogP contribution in [-0.4, -0.2) is 63.0 Å². The first-order valence-electron chi connectivity index (χ1n) is 8.71. The summed E-state index contributed by atoms with van der Waals surface area (Å²) in [5.41, 5.74) is -0.471. The number of ether oxygens (including phenoxy) is 1. The fraction of sp³-hybridized carbons (Fsp3) is 0.750. The van der Waals surface area contributed by atoms with Gasteiger partial charge in [0.05, 0.1) is 6.04 Å². The third kappa shape index (κ3) is 5.61. The molecule has 0 radical (unpaired) electrons. The normalized spacial score (nSPS) is 15.7. The van der Waals surface area contributed by atoms with Gasteiger partial charge in [-0.25, -0.2) is 9.79 Å². The largest absolute Gasteiger partial charge is 0.444 e. The van der Waals surface area contributed by atoms with E-state index in [1.54, 1.807) is 11.2 Å². The van der Waals surface area contributed by atoms with E-state index in [1.807, 2.05) is 39.2 Å². The number of rotatable bonds is 5. The molecule has 1 amide bonds. The minimum Gasteiger partial charge on any atom is -0.444 e. The highest BCUT2D eigenvalue weighted by molar-refractivity contribution is 5.80.